The first-order valence-electron chi connectivity index (χ1n) is 10.4. The molecule has 158 valence electrons. The molecule has 1 N–H and O–H groups in total. The summed E-state index contributed by atoms with van der Waals surface area (Å²) >= 11 is 0. The third kappa shape index (κ3) is 3.35. The van der Waals surface area contributed by atoms with Crippen molar-refractivity contribution in [3.05, 3.63) is 66.2 Å². The second-order valence-corrected chi connectivity index (χ2v) is 8.25. The quantitative estimate of drug-likeness (QED) is 0.682. The molecule has 1 aromatic heterocycles. The predicted molar refractivity (Wildman–Crippen MR) is 117 cm³/mol. The number of hydrogen-bond donors (Lipinski definition) is 1. The zero-order valence-electron chi connectivity index (χ0n) is 17.3. The Morgan fingerprint density at radius 2 is 1.94 bits per heavy atom. The van der Waals surface area contributed by atoms with Crippen molar-refractivity contribution in [3.63, 3.8) is 0 Å². The van der Waals surface area contributed by atoms with Gasteiger partial charge in [0.25, 0.3) is 0 Å². The molecule has 0 atom stereocenters. The molecule has 0 bridgehead atoms. The van der Waals surface area contributed by atoms with E-state index < -0.39 is 0 Å². The lowest BCUT2D eigenvalue weighted by Crippen LogP contribution is -2.27. The van der Waals surface area contributed by atoms with Gasteiger partial charge in [0.15, 0.2) is 0 Å². The van der Waals surface area contributed by atoms with Crippen LogP contribution in [0.5, 0.6) is 0 Å². The van der Waals surface area contributed by atoms with E-state index in [1.54, 1.807) is 42.5 Å². The molecule has 1 fully saturated rings. The van der Waals surface area contributed by atoms with Crippen LogP contribution in [0, 0.1) is 5.82 Å². The molecular weight excluding hydrogens is 395 g/mol. The standard InChI is InChI=1S/C24H23FN4O2/c1-28(22(31)8-11-30)17-6-7-19-21(12-17)29(15-24(19)9-10-24)23-26-13-16(14-27-23)18-4-2-3-5-20(18)25/h2-7,12-14,30H,8-11,15H2,1H3. The minimum atomic E-state index is -0.303. The number of carbonyl (C=O) groups is 1. The highest BCUT2D eigenvalue weighted by Crippen LogP contribution is 2.58. The van der Waals surface area contributed by atoms with E-state index in [0.29, 0.717) is 17.1 Å². The zero-order chi connectivity index (χ0) is 21.6. The van der Waals surface area contributed by atoms with Crippen molar-refractivity contribution in [1.29, 1.82) is 0 Å². The Labute approximate surface area is 180 Å². The van der Waals surface area contributed by atoms with Gasteiger partial charge in [-0.05, 0) is 36.6 Å². The largest absolute Gasteiger partial charge is 0.396 e. The second-order valence-electron chi connectivity index (χ2n) is 8.25. The van der Waals surface area contributed by atoms with Crippen molar-refractivity contribution in [2.45, 2.75) is 24.7 Å². The number of benzene rings is 2. The van der Waals surface area contributed by atoms with Crippen LogP contribution in [0.2, 0.25) is 0 Å². The van der Waals surface area contributed by atoms with Gasteiger partial charge in [-0.3, -0.25) is 4.79 Å². The number of aliphatic hydroxyl groups excluding tert-OH is 1. The minimum absolute atomic E-state index is 0.0852. The van der Waals surface area contributed by atoms with Crippen LogP contribution < -0.4 is 9.80 Å². The molecule has 2 aliphatic rings. The highest BCUT2D eigenvalue weighted by Gasteiger charge is 2.52. The Kier molecular flexibility index (Phi) is 4.70. The zero-order valence-corrected chi connectivity index (χ0v) is 17.3. The van der Waals surface area contributed by atoms with Crippen LogP contribution in [-0.2, 0) is 10.2 Å². The summed E-state index contributed by atoms with van der Waals surface area (Å²) in [6, 6.07) is 12.6. The molecule has 3 aromatic rings. The first kappa shape index (κ1) is 19.6. The molecule has 5 rings (SSSR count). The molecule has 0 saturated heterocycles. The van der Waals surface area contributed by atoms with Crippen molar-refractivity contribution >= 4 is 23.2 Å². The normalized spacial score (nSPS) is 15.8. The molecule has 6 nitrogen and oxygen atoms in total. The van der Waals surface area contributed by atoms with Gasteiger partial charge in [-0.2, -0.15) is 0 Å². The fourth-order valence-electron chi connectivity index (χ4n) is 4.33. The van der Waals surface area contributed by atoms with Crippen LogP contribution in [0.15, 0.2) is 54.9 Å². The maximum Gasteiger partial charge on any atom is 0.229 e. The Balaban J connectivity index is 1.49. The number of carbonyl (C=O) groups excluding carboxylic acids is 1. The van der Waals surface area contributed by atoms with Gasteiger partial charge in [-0.25, -0.2) is 14.4 Å². The average molecular weight is 418 g/mol. The highest BCUT2D eigenvalue weighted by molar-refractivity contribution is 5.94. The van der Waals surface area contributed by atoms with Gasteiger partial charge in [-0.1, -0.05) is 24.3 Å². The Bertz CT molecular complexity index is 1140. The molecule has 1 amide bonds. The van der Waals surface area contributed by atoms with Crippen molar-refractivity contribution < 1.29 is 14.3 Å². The average Bonchev–Trinajstić information content (AvgIpc) is 3.50. The van der Waals surface area contributed by atoms with E-state index in [9.17, 15) is 9.18 Å². The van der Waals surface area contributed by atoms with Crippen molar-refractivity contribution in [3.8, 4) is 11.1 Å². The van der Waals surface area contributed by atoms with E-state index in [4.69, 9.17) is 5.11 Å². The number of nitrogens with zero attached hydrogens (tertiary/aromatic N) is 4. The smallest absolute Gasteiger partial charge is 0.229 e. The molecule has 1 aliphatic heterocycles. The maximum atomic E-state index is 14.1. The lowest BCUT2D eigenvalue weighted by Gasteiger charge is -2.21. The minimum Gasteiger partial charge on any atom is -0.396 e. The number of fused-ring (bicyclic) bond motifs is 2. The van der Waals surface area contributed by atoms with Crippen LogP contribution in [0.1, 0.15) is 24.8 Å². The molecule has 2 aromatic carbocycles. The molecule has 1 saturated carbocycles. The highest BCUT2D eigenvalue weighted by atomic mass is 19.1. The summed E-state index contributed by atoms with van der Waals surface area (Å²) < 4.78 is 14.1. The molecule has 1 spiro atoms. The molecule has 7 heteroatoms. The van der Waals surface area contributed by atoms with Crippen LogP contribution in [-0.4, -0.2) is 41.2 Å². The number of rotatable bonds is 5. The van der Waals surface area contributed by atoms with Crippen LogP contribution >= 0.6 is 0 Å². The molecule has 2 heterocycles. The molecule has 0 radical (unpaired) electrons. The lowest BCUT2D eigenvalue weighted by atomic mass is 9.98. The number of halogens is 1. The van der Waals surface area contributed by atoms with Crippen molar-refractivity contribution in [1.82, 2.24) is 9.97 Å². The summed E-state index contributed by atoms with van der Waals surface area (Å²) in [7, 11) is 1.71. The summed E-state index contributed by atoms with van der Waals surface area (Å²) in [6.07, 6.45) is 5.62. The number of anilines is 3. The summed E-state index contributed by atoms with van der Waals surface area (Å²) in [4.78, 5) is 25.0. The predicted octanol–water partition coefficient (Wildman–Crippen LogP) is 3.81. The van der Waals surface area contributed by atoms with E-state index in [2.05, 4.69) is 20.9 Å². The van der Waals surface area contributed by atoms with E-state index in [1.807, 2.05) is 12.1 Å². The summed E-state index contributed by atoms with van der Waals surface area (Å²) in [5.74, 6) is 0.118. The van der Waals surface area contributed by atoms with E-state index >= 15 is 0 Å². The fourth-order valence-corrected chi connectivity index (χ4v) is 4.33. The second kappa shape index (κ2) is 7.42. The third-order valence-corrected chi connectivity index (χ3v) is 6.31. The van der Waals surface area contributed by atoms with Crippen LogP contribution in [0.4, 0.5) is 21.7 Å². The summed E-state index contributed by atoms with van der Waals surface area (Å²) in [5, 5.41) is 9.08. The first-order chi connectivity index (χ1) is 15.0. The Hall–Kier alpha value is -3.32. The van der Waals surface area contributed by atoms with E-state index in [-0.39, 0.29) is 30.2 Å². The van der Waals surface area contributed by atoms with Gasteiger partial charge >= 0.3 is 0 Å². The number of amides is 1. The molecular formula is C24H23FN4O2. The Morgan fingerprint density at radius 1 is 1.19 bits per heavy atom. The van der Waals surface area contributed by atoms with Gasteiger partial charge in [0.1, 0.15) is 5.82 Å². The van der Waals surface area contributed by atoms with Gasteiger partial charge in [0.05, 0.1) is 13.0 Å². The first-order valence-corrected chi connectivity index (χ1v) is 10.4. The third-order valence-electron chi connectivity index (χ3n) is 6.31. The maximum absolute atomic E-state index is 14.1. The fraction of sp³-hybridized carbons (Fsp3) is 0.292. The van der Waals surface area contributed by atoms with Gasteiger partial charge < -0.3 is 14.9 Å². The van der Waals surface area contributed by atoms with E-state index in [0.717, 1.165) is 30.8 Å². The van der Waals surface area contributed by atoms with Gasteiger partial charge in [0.2, 0.25) is 11.9 Å². The van der Waals surface area contributed by atoms with Crippen molar-refractivity contribution in [2.24, 2.45) is 0 Å². The van der Waals surface area contributed by atoms with Crippen molar-refractivity contribution in [2.75, 3.05) is 30.0 Å². The topological polar surface area (TPSA) is 69.6 Å². The van der Waals surface area contributed by atoms with Gasteiger partial charge in [-0.15, -0.1) is 0 Å². The summed E-state index contributed by atoms with van der Waals surface area (Å²) in [5.41, 5.74) is 4.24. The number of aliphatic hydroxyl groups is 1. The molecule has 1 aliphatic carbocycles. The van der Waals surface area contributed by atoms with E-state index in [1.165, 1.54) is 11.6 Å². The number of aromatic nitrogens is 2. The SMILES string of the molecule is CN(C(=O)CCO)c1ccc2c(c1)N(c1ncc(-c3ccccc3F)cn1)CC21CC1. The number of hydrogen-bond acceptors (Lipinski definition) is 5. The Morgan fingerprint density at radius 3 is 2.61 bits per heavy atom. The monoisotopic (exact) mass is 418 g/mol. The van der Waals surface area contributed by atoms with Crippen LogP contribution in [0.3, 0.4) is 0 Å². The molecule has 0 unspecified atom stereocenters. The lowest BCUT2D eigenvalue weighted by molar-refractivity contribution is -0.118. The van der Waals surface area contributed by atoms with Crippen LogP contribution in [0.25, 0.3) is 11.1 Å². The molecule has 31 heavy (non-hydrogen) atoms. The van der Waals surface area contributed by atoms with Gasteiger partial charge in [0, 0.05) is 53.9 Å². The summed E-state index contributed by atoms with van der Waals surface area (Å²) in [6.45, 7) is 0.616.